The highest BCUT2D eigenvalue weighted by atomic mass is 32.2. The molecule has 160 valence electrons. The summed E-state index contributed by atoms with van der Waals surface area (Å²) in [6.45, 7) is 9.74. The molecule has 0 bridgehead atoms. The van der Waals surface area contributed by atoms with Gasteiger partial charge >= 0.3 is 0 Å². The van der Waals surface area contributed by atoms with Gasteiger partial charge in [-0.25, -0.2) is 13.1 Å². The Kier molecular flexibility index (Phi) is 5.64. The van der Waals surface area contributed by atoms with Crippen molar-refractivity contribution in [1.82, 2.24) is 15.0 Å². The minimum Gasteiger partial charge on any atom is -0.497 e. The van der Waals surface area contributed by atoms with Gasteiger partial charge < -0.3 is 9.47 Å². The van der Waals surface area contributed by atoms with Gasteiger partial charge in [0.1, 0.15) is 17.2 Å². The Hall–Kier alpha value is -2.87. The van der Waals surface area contributed by atoms with Crippen LogP contribution in [0.2, 0.25) is 0 Å². The van der Waals surface area contributed by atoms with E-state index in [-0.39, 0.29) is 15.3 Å². The minimum atomic E-state index is -3.85. The van der Waals surface area contributed by atoms with Crippen LogP contribution in [0.4, 0.5) is 0 Å². The summed E-state index contributed by atoms with van der Waals surface area (Å²) in [4.78, 5) is 0.225. The van der Waals surface area contributed by atoms with E-state index in [4.69, 9.17) is 9.47 Å². The number of aromatic nitrogens is 3. The highest BCUT2D eigenvalue weighted by Gasteiger charge is 2.29. The van der Waals surface area contributed by atoms with Gasteiger partial charge in [-0.3, -0.25) is 0 Å². The summed E-state index contributed by atoms with van der Waals surface area (Å²) in [6, 6.07) is 10.6. The van der Waals surface area contributed by atoms with Crippen LogP contribution in [0.5, 0.6) is 11.5 Å². The van der Waals surface area contributed by atoms with E-state index >= 15 is 0 Å². The second-order valence-corrected chi connectivity index (χ2v) is 10.00. The van der Waals surface area contributed by atoms with Crippen LogP contribution in [0.3, 0.4) is 0 Å². The molecular weight excluding hydrogens is 402 g/mol. The quantitative estimate of drug-likeness (QED) is 0.609. The molecular formula is C22H27N3O4S. The first-order chi connectivity index (χ1) is 14.0. The van der Waals surface area contributed by atoms with Crippen LogP contribution in [0.1, 0.15) is 37.6 Å². The molecule has 0 saturated heterocycles. The van der Waals surface area contributed by atoms with Crippen molar-refractivity contribution in [2.24, 2.45) is 0 Å². The number of benzene rings is 2. The molecule has 0 aliphatic heterocycles. The molecule has 0 atom stereocenters. The molecule has 0 spiro atoms. The maximum absolute atomic E-state index is 13.4. The Morgan fingerprint density at radius 2 is 1.67 bits per heavy atom. The third-order valence-electron chi connectivity index (χ3n) is 5.05. The summed E-state index contributed by atoms with van der Waals surface area (Å²) in [6.07, 6.45) is 0. The Morgan fingerprint density at radius 1 is 0.967 bits per heavy atom. The van der Waals surface area contributed by atoms with Crippen molar-refractivity contribution in [3.8, 4) is 17.2 Å². The molecule has 0 fully saturated rings. The van der Waals surface area contributed by atoms with E-state index in [0.717, 1.165) is 5.56 Å². The van der Waals surface area contributed by atoms with Crippen molar-refractivity contribution in [1.29, 1.82) is 0 Å². The van der Waals surface area contributed by atoms with E-state index in [1.54, 1.807) is 45.2 Å². The van der Waals surface area contributed by atoms with Crippen LogP contribution in [0.25, 0.3) is 5.69 Å². The van der Waals surface area contributed by atoms with Crippen molar-refractivity contribution < 1.29 is 17.9 Å². The lowest BCUT2D eigenvalue weighted by molar-refractivity contribution is 0.400. The predicted molar refractivity (Wildman–Crippen MR) is 115 cm³/mol. The van der Waals surface area contributed by atoms with Gasteiger partial charge in [-0.05, 0) is 48.6 Å². The van der Waals surface area contributed by atoms with Crippen molar-refractivity contribution in [2.45, 2.75) is 50.0 Å². The van der Waals surface area contributed by atoms with Crippen molar-refractivity contribution in [2.75, 3.05) is 14.2 Å². The van der Waals surface area contributed by atoms with Gasteiger partial charge in [0.25, 0.3) is 0 Å². The summed E-state index contributed by atoms with van der Waals surface area (Å²) in [7, 11) is -0.759. The number of aryl methyl sites for hydroxylation is 1. The first kappa shape index (κ1) is 21.8. The number of methoxy groups -OCH3 is 2. The van der Waals surface area contributed by atoms with Gasteiger partial charge in [0, 0.05) is 6.07 Å². The zero-order chi connectivity index (χ0) is 22.3. The van der Waals surface area contributed by atoms with Gasteiger partial charge in [-0.2, -0.15) is 0 Å². The topological polar surface area (TPSA) is 83.3 Å². The smallest absolute Gasteiger partial charge is 0.227 e. The standard InChI is InChI=1S/C22H27N3O4S/c1-14-12-16(22(3,4)5)8-11-20(14)30(26,27)21-15(2)25(24-23-21)18-13-17(28-6)9-10-19(18)29-7/h8-13H,1-7H3. The molecule has 0 N–H and O–H groups in total. The molecule has 2 aromatic carbocycles. The average Bonchev–Trinajstić information content (AvgIpc) is 3.08. The maximum Gasteiger partial charge on any atom is 0.227 e. The number of sulfone groups is 1. The summed E-state index contributed by atoms with van der Waals surface area (Å²) in [5.74, 6) is 1.12. The summed E-state index contributed by atoms with van der Waals surface area (Å²) >= 11 is 0. The molecule has 3 aromatic rings. The molecule has 0 aliphatic rings. The summed E-state index contributed by atoms with van der Waals surface area (Å²) < 4.78 is 38.9. The van der Waals surface area contributed by atoms with E-state index in [1.807, 2.05) is 12.1 Å². The van der Waals surface area contributed by atoms with E-state index in [0.29, 0.717) is 28.4 Å². The van der Waals surface area contributed by atoms with E-state index < -0.39 is 9.84 Å². The first-order valence-electron chi connectivity index (χ1n) is 9.51. The van der Waals surface area contributed by atoms with Crippen molar-refractivity contribution in [3.63, 3.8) is 0 Å². The fourth-order valence-corrected chi connectivity index (χ4v) is 4.83. The lowest BCUT2D eigenvalue weighted by atomic mass is 9.86. The van der Waals surface area contributed by atoms with E-state index in [2.05, 4.69) is 31.1 Å². The molecule has 0 amide bonds. The van der Waals surface area contributed by atoms with E-state index in [9.17, 15) is 8.42 Å². The van der Waals surface area contributed by atoms with Gasteiger partial charge in [-0.15, -0.1) is 5.10 Å². The molecule has 1 heterocycles. The Balaban J connectivity index is 2.12. The second kappa shape index (κ2) is 7.75. The average molecular weight is 430 g/mol. The SMILES string of the molecule is COc1ccc(OC)c(-n2nnc(S(=O)(=O)c3ccc(C(C)(C)C)cc3C)c2C)c1. The van der Waals surface area contributed by atoms with Crippen LogP contribution in [-0.4, -0.2) is 37.6 Å². The molecule has 0 radical (unpaired) electrons. The molecule has 30 heavy (non-hydrogen) atoms. The first-order valence-corrected chi connectivity index (χ1v) is 11.0. The van der Waals surface area contributed by atoms with Gasteiger partial charge in [0.2, 0.25) is 14.9 Å². The molecule has 8 heteroatoms. The zero-order valence-corrected chi connectivity index (χ0v) is 19.2. The van der Waals surface area contributed by atoms with Crippen LogP contribution in [0.15, 0.2) is 46.3 Å². The van der Waals surface area contributed by atoms with Crippen LogP contribution in [-0.2, 0) is 15.3 Å². The second-order valence-electron chi connectivity index (χ2n) is 8.16. The number of hydrogen-bond acceptors (Lipinski definition) is 6. The molecule has 1 aromatic heterocycles. The van der Waals surface area contributed by atoms with Crippen LogP contribution < -0.4 is 9.47 Å². The van der Waals surface area contributed by atoms with Gasteiger partial charge in [0.15, 0.2) is 0 Å². The highest BCUT2D eigenvalue weighted by Crippen LogP contribution is 2.32. The lowest BCUT2D eigenvalue weighted by Gasteiger charge is -2.20. The third-order valence-corrected chi connectivity index (χ3v) is 6.97. The van der Waals surface area contributed by atoms with Crippen LogP contribution in [0, 0.1) is 13.8 Å². The normalized spacial score (nSPS) is 12.1. The number of nitrogens with zero attached hydrogens (tertiary/aromatic N) is 3. The summed E-state index contributed by atoms with van der Waals surface area (Å²) in [5.41, 5.74) is 2.61. The molecule has 0 saturated carbocycles. The van der Waals surface area contributed by atoms with Crippen molar-refractivity contribution in [3.05, 3.63) is 53.2 Å². The fourth-order valence-electron chi connectivity index (χ4n) is 3.28. The maximum atomic E-state index is 13.4. The number of rotatable bonds is 5. The Bertz CT molecular complexity index is 1190. The highest BCUT2D eigenvalue weighted by molar-refractivity contribution is 7.91. The molecule has 0 aliphatic carbocycles. The molecule has 7 nitrogen and oxygen atoms in total. The predicted octanol–water partition coefficient (Wildman–Crippen LogP) is 4.03. The summed E-state index contributed by atoms with van der Waals surface area (Å²) in [5, 5.41) is 8.03. The monoisotopic (exact) mass is 429 g/mol. The molecule has 0 unspecified atom stereocenters. The van der Waals surface area contributed by atoms with Crippen molar-refractivity contribution >= 4 is 9.84 Å². The zero-order valence-electron chi connectivity index (χ0n) is 18.3. The Labute approximate surface area is 177 Å². The van der Waals surface area contributed by atoms with E-state index in [1.165, 1.54) is 11.8 Å². The lowest BCUT2D eigenvalue weighted by Crippen LogP contribution is -2.13. The number of hydrogen-bond donors (Lipinski definition) is 0. The Morgan fingerprint density at radius 3 is 2.23 bits per heavy atom. The third kappa shape index (κ3) is 3.79. The number of ether oxygens (including phenoxy) is 2. The largest absolute Gasteiger partial charge is 0.497 e. The fraction of sp³-hybridized carbons (Fsp3) is 0.364. The van der Waals surface area contributed by atoms with Gasteiger partial charge in [0.05, 0.1) is 24.8 Å². The minimum absolute atomic E-state index is 0.0744. The van der Waals surface area contributed by atoms with Crippen LogP contribution >= 0.6 is 0 Å². The van der Waals surface area contributed by atoms with Gasteiger partial charge in [-0.1, -0.05) is 38.1 Å². The molecule has 3 rings (SSSR count).